The molecule has 0 amide bonds. The summed E-state index contributed by atoms with van der Waals surface area (Å²) in [5.41, 5.74) is 0. The monoisotopic (exact) mass is 742 g/mol. The summed E-state index contributed by atoms with van der Waals surface area (Å²) in [5.74, 6) is -0.314. The Kier molecular flexibility index (Phi) is 38.5. The number of carbonyl (C=O) groups excluding carboxylic acids is 2. The highest BCUT2D eigenvalue weighted by atomic mass is 16.5. The Morgan fingerprint density at radius 2 is 0.750 bits per heavy atom. The Hall–Kier alpha value is -1.22. The molecule has 2 N–H and O–H groups in total. The van der Waals surface area contributed by atoms with Crippen LogP contribution in [0.15, 0.2) is 0 Å². The van der Waals surface area contributed by atoms with E-state index >= 15 is 0 Å². The normalized spacial score (nSPS) is 11.8. The number of quaternary nitrogens is 1. The zero-order valence-corrected chi connectivity index (χ0v) is 35.0. The van der Waals surface area contributed by atoms with Crippen LogP contribution in [0.25, 0.3) is 0 Å². The van der Waals surface area contributed by atoms with Crippen LogP contribution in [0.2, 0.25) is 0 Å². The summed E-state index contributed by atoms with van der Waals surface area (Å²) in [7, 11) is 2.11. The van der Waals surface area contributed by atoms with Crippen molar-refractivity contribution in [1.29, 1.82) is 0 Å². The number of unbranched alkanes of at least 4 members (excludes halogenated alkanes) is 24. The van der Waals surface area contributed by atoms with Gasteiger partial charge in [-0.3, -0.25) is 14.5 Å². The molecule has 0 bridgehead atoms. The summed E-state index contributed by atoms with van der Waals surface area (Å²) < 4.78 is 11.8. The molecule has 0 aromatic heterocycles. The average Bonchev–Trinajstić information content (AvgIpc) is 3.13. The van der Waals surface area contributed by atoms with E-state index in [2.05, 4.69) is 25.8 Å². The maximum atomic E-state index is 12.7. The number of carbonyl (C=O) groups is 2. The smallest absolute Gasteiger partial charge is 0.311 e. The highest BCUT2D eigenvalue weighted by Crippen LogP contribution is 2.15. The third-order valence-corrected chi connectivity index (χ3v) is 10.7. The minimum Gasteiger partial charge on any atom is -0.466 e. The van der Waals surface area contributed by atoms with Crippen molar-refractivity contribution < 1.29 is 33.8 Å². The Bertz CT molecular complexity index is 713. The van der Waals surface area contributed by atoms with E-state index in [9.17, 15) is 19.8 Å². The molecule has 0 spiro atoms. The van der Waals surface area contributed by atoms with Crippen LogP contribution in [-0.4, -0.2) is 104 Å². The van der Waals surface area contributed by atoms with Gasteiger partial charge in [-0.1, -0.05) is 168 Å². The lowest BCUT2D eigenvalue weighted by atomic mass is 10.0. The molecular formula is C44H89N2O6+. The molecule has 310 valence electrons. The number of ether oxygens (including phenoxy) is 2. The van der Waals surface area contributed by atoms with Crippen molar-refractivity contribution in [1.82, 2.24) is 4.90 Å². The zero-order valence-electron chi connectivity index (χ0n) is 35.0. The largest absolute Gasteiger partial charge is 0.466 e. The SMILES string of the molecule is CCCCCCCCCCCCCCCOC(=O)CC[N+](C)(CCCN(CCO)CCO)CCC(=O)OCCCCCCCCCCCCCCC. The van der Waals surface area contributed by atoms with E-state index in [0.29, 0.717) is 56.7 Å². The first-order chi connectivity index (χ1) is 25.4. The highest BCUT2D eigenvalue weighted by molar-refractivity contribution is 5.70. The number of rotatable bonds is 42. The van der Waals surface area contributed by atoms with Gasteiger partial charge in [0.25, 0.3) is 0 Å². The Morgan fingerprint density at radius 3 is 1.06 bits per heavy atom. The first-order valence-electron chi connectivity index (χ1n) is 22.5. The van der Waals surface area contributed by atoms with Crippen LogP contribution in [0.3, 0.4) is 0 Å². The van der Waals surface area contributed by atoms with Crippen LogP contribution in [-0.2, 0) is 19.1 Å². The molecule has 0 unspecified atom stereocenters. The zero-order chi connectivity index (χ0) is 38.2. The minimum absolute atomic E-state index is 0.0579. The lowest BCUT2D eigenvalue weighted by Crippen LogP contribution is -2.48. The second-order valence-electron chi connectivity index (χ2n) is 15.9. The van der Waals surface area contributed by atoms with Gasteiger partial charge in [-0.15, -0.1) is 0 Å². The molecule has 0 radical (unpaired) electrons. The number of hydrogen-bond donors (Lipinski definition) is 2. The van der Waals surface area contributed by atoms with Gasteiger partial charge in [-0.05, 0) is 12.8 Å². The molecule has 8 nitrogen and oxygen atoms in total. The maximum Gasteiger partial charge on any atom is 0.311 e. The minimum atomic E-state index is -0.157. The van der Waals surface area contributed by atoms with E-state index in [4.69, 9.17) is 9.47 Å². The molecule has 0 atom stereocenters. The first kappa shape index (κ1) is 50.8. The number of hydrogen-bond acceptors (Lipinski definition) is 7. The maximum absolute atomic E-state index is 12.7. The van der Waals surface area contributed by atoms with Crippen LogP contribution in [0.1, 0.15) is 200 Å². The van der Waals surface area contributed by atoms with Crippen LogP contribution >= 0.6 is 0 Å². The third kappa shape index (κ3) is 35.8. The van der Waals surface area contributed by atoms with Gasteiger partial charge in [0.05, 0.1) is 66.0 Å². The number of esters is 2. The van der Waals surface area contributed by atoms with Crippen molar-refractivity contribution in [2.45, 2.75) is 200 Å². The van der Waals surface area contributed by atoms with Gasteiger partial charge in [0, 0.05) is 26.1 Å². The average molecular weight is 742 g/mol. The van der Waals surface area contributed by atoms with Gasteiger partial charge >= 0.3 is 11.9 Å². The molecule has 0 rings (SSSR count). The summed E-state index contributed by atoms with van der Waals surface area (Å²) in [6, 6.07) is 0. The first-order valence-corrected chi connectivity index (χ1v) is 22.5. The molecule has 52 heavy (non-hydrogen) atoms. The van der Waals surface area contributed by atoms with Crippen molar-refractivity contribution >= 4 is 11.9 Å². The van der Waals surface area contributed by atoms with Crippen LogP contribution in [0, 0.1) is 0 Å². The lowest BCUT2D eigenvalue weighted by molar-refractivity contribution is -0.908. The molecule has 8 heteroatoms. The molecule has 0 aromatic rings. The second kappa shape index (κ2) is 39.5. The third-order valence-electron chi connectivity index (χ3n) is 10.7. The van der Waals surface area contributed by atoms with Gasteiger partial charge in [0.2, 0.25) is 0 Å². The highest BCUT2D eigenvalue weighted by Gasteiger charge is 2.25. The van der Waals surface area contributed by atoms with E-state index in [-0.39, 0.29) is 25.2 Å². The van der Waals surface area contributed by atoms with Crippen molar-refractivity contribution in [2.24, 2.45) is 0 Å². The van der Waals surface area contributed by atoms with E-state index in [1.165, 1.54) is 141 Å². The predicted molar refractivity (Wildman–Crippen MR) is 219 cm³/mol. The fraction of sp³-hybridized carbons (Fsp3) is 0.955. The van der Waals surface area contributed by atoms with E-state index in [1.54, 1.807) is 0 Å². The lowest BCUT2D eigenvalue weighted by Gasteiger charge is -2.35. The molecule has 0 aliphatic heterocycles. The molecule has 0 fully saturated rings. The number of nitrogens with zero attached hydrogens (tertiary/aromatic N) is 2. The molecular weight excluding hydrogens is 652 g/mol. The molecule has 0 saturated heterocycles. The van der Waals surface area contributed by atoms with Crippen molar-refractivity contribution in [3.63, 3.8) is 0 Å². The molecule has 0 aliphatic carbocycles. The van der Waals surface area contributed by atoms with Crippen molar-refractivity contribution in [3.8, 4) is 0 Å². The van der Waals surface area contributed by atoms with Crippen molar-refractivity contribution in [3.05, 3.63) is 0 Å². The fourth-order valence-corrected chi connectivity index (χ4v) is 7.11. The summed E-state index contributed by atoms with van der Waals surface area (Å²) >= 11 is 0. The fourth-order valence-electron chi connectivity index (χ4n) is 7.11. The quantitative estimate of drug-likeness (QED) is 0.0365. The molecule has 0 aromatic carbocycles. The van der Waals surface area contributed by atoms with Crippen molar-refractivity contribution in [2.75, 3.05) is 72.7 Å². The predicted octanol–water partition coefficient (Wildman–Crippen LogP) is 10.2. The van der Waals surface area contributed by atoms with Gasteiger partial charge < -0.3 is 24.2 Å². The number of aliphatic hydroxyl groups is 2. The van der Waals surface area contributed by atoms with E-state index in [1.807, 2.05) is 0 Å². The summed E-state index contributed by atoms with van der Waals surface area (Å²) in [5, 5.41) is 18.8. The standard InChI is InChI=1S/C44H89N2O6/c1-4-6-8-10-12-14-16-18-20-22-24-26-28-41-51-43(49)31-37-46(3,36-30-33-45(34-39-47)35-40-48)38-32-44(50)52-42-29-27-25-23-21-19-17-15-13-11-9-7-5-2/h47-48H,4-42H2,1-3H3/q+1. The summed E-state index contributed by atoms with van der Waals surface area (Å²) in [6.07, 6.45) is 35.1. The number of aliphatic hydroxyl groups excluding tert-OH is 2. The van der Waals surface area contributed by atoms with Crippen LogP contribution in [0.4, 0.5) is 0 Å². The van der Waals surface area contributed by atoms with Gasteiger partial charge in [-0.25, -0.2) is 0 Å². The molecule has 0 heterocycles. The van der Waals surface area contributed by atoms with E-state index < -0.39 is 0 Å². The summed E-state index contributed by atoms with van der Waals surface area (Å²) in [6.45, 7) is 9.47. The van der Waals surface area contributed by atoms with Crippen LogP contribution < -0.4 is 0 Å². The van der Waals surface area contributed by atoms with Crippen LogP contribution in [0.5, 0.6) is 0 Å². The Morgan fingerprint density at radius 1 is 0.442 bits per heavy atom. The molecule has 0 saturated carbocycles. The van der Waals surface area contributed by atoms with Gasteiger partial charge in [0.1, 0.15) is 0 Å². The van der Waals surface area contributed by atoms with Gasteiger partial charge in [-0.2, -0.15) is 0 Å². The second-order valence-corrected chi connectivity index (χ2v) is 15.9. The Balaban J connectivity index is 4.29. The Labute approximate surface area is 322 Å². The molecule has 0 aliphatic rings. The van der Waals surface area contributed by atoms with Gasteiger partial charge in [0.15, 0.2) is 0 Å². The topological polar surface area (TPSA) is 96.3 Å². The summed E-state index contributed by atoms with van der Waals surface area (Å²) in [4.78, 5) is 27.4. The van der Waals surface area contributed by atoms with E-state index in [0.717, 1.165) is 45.2 Å².